The van der Waals surface area contributed by atoms with E-state index in [0.29, 0.717) is 0 Å². The summed E-state index contributed by atoms with van der Waals surface area (Å²) in [6.07, 6.45) is 0. The molecule has 72 heavy (non-hydrogen) atoms. The molecule has 12 rings (SSSR count). The van der Waals surface area contributed by atoms with E-state index in [4.69, 9.17) is 0 Å². The summed E-state index contributed by atoms with van der Waals surface area (Å²) in [5, 5.41) is 5.01. The van der Waals surface area contributed by atoms with Gasteiger partial charge in [-0.2, -0.15) is 0 Å². The van der Waals surface area contributed by atoms with Crippen molar-refractivity contribution in [2.75, 3.05) is 9.80 Å². The number of hydrogen-bond donors (Lipinski definition) is 0. The van der Waals surface area contributed by atoms with Crippen molar-refractivity contribution in [3.05, 3.63) is 197 Å². The fourth-order valence-electron chi connectivity index (χ4n) is 12.2. The Balaban J connectivity index is 1.25. The topological polar surface area (TPSA) is 6.48 Å². The maximum Gasteiger partial charge on any atom is 0.252 e. The summed E-state index contributed by atoms with van der Waals surface area (Å²) in [6.45, 7) is 33.1. The molecule has 0 aromatic heterocycles. The highest BCUT2D eigenvalue weighted by Crippen LogP contribution is 2.52. The van der Waals surface area contributed by atoms with Gasteiger partial charge in [0.15, 0.2) is 0 Å². The molecule has 2 aliphatic heterocycles. The molecule has 9 aromatic rings. The van der Waals surface area contributed by atoms with Crippen LogP contribution in [-0.2, 0) is 27.1 Å². The molecule has 9 aromatic carbocycles. The van der Waals surface area contributed by atoms with Gasteiger partial charge in [-0.3, -0.25) is 0 Å². The number of rotatable bonds is 3. The van der Waals surface area contributed by atoms with Gasteiger partial charge in [0.05, 0.1) is 0 Å². The van der Waals surface area contributed by atoms with Crippen LogP contribution in [0.15, 0.2) is 164 Å². The van der Waals surface area contributed by atoms with Crippen LogP contribution >= 0.6 is 0 Å². The van der Waals surface area contributed by atoms with Crippen LogP contribution in [0.1, 0.15) is 130 Å². The van der Waals surface area contributed by atoms with Gasteiger partial charge in [-0.15, -0.1) is 0 Å². The molecular formula is C69H69BN2. The summed E-state index contributed by atoms with van der Waals surface area (Å²) < 4.78 is 0. The molecule has 0 amide bonds. The molecule has 2 heterocycles. The maximum absolute atomic E-state index is 2.66. The highest BCUT2D eigenvalue weighted by atomic mass is 15.2. The molecule has 3 heteroatoms. The van der Waals surface area contributed by atoms with Crippen molar-refractivity contribution in [2.24, 2.45) is 0 Å². The van der Waals surface area contributed by atoms with E-state index in [-0.39, 0.29) is 33.8 Å². The number of anilines is 6. The third-order valence-electron chi connectivity index (χ3n) is 16.5. The Labute approximate surface area is 429 Å². The van der Waals surface area contributed by atoms with Crippen LogP contribution in [0.5, 0.6) is 0 Å². The van der Waals surface area contributed by atoms with Gasteiger partial charge in [0, 0.05) is 39.5 Å². The zero-order valence-corrected chi connectivity index (χ0v) is 45.1. The van der Waals surface area contributed by atoms with E-state index >= 15 is 0 Å². The minimum atomic E-state index is -0.138. The van der Waals surface area contributed by atoms with E-state index in [1.165, 1.54) is 128 Å². The van der Waals surface area contributed by atoms with Crippen LogP contribution < -0.4 is 26.2 Å². The zero-order chi connectivity index (χ0) is 50.6. The second-order valence-electron chi connectivity index (χ2n) is 26.0. The number of hydrogen-bond acceptors (Lipinski definition) is 2. The summed E-state index contributed by atoms with van der Waals surface area (Å²) in [7, 11) is 0. The Morgan fingerprint density at radius 2 is 0.736 bits per heavy atom. The van der Waals surface area contributed by atoms with Crippen LogP contribution in [0.4, 0.5) is 34.1 Å². The molecule has 0 atom stereocenters. The molecule has 0 radical (unpaired) electrons. The summed E-state index contributed by atoms with van der Waals surface area (Å²) in [4.78, 5) is 5.32. The fraction of sp³-hybridized carbons (Fsp3) is 0.275. The normalized spacial score (nSPS) is 14.8. The monoisotopic (exact) mass is 937 g/mol. The van der Waals surface area contributed by atoms with E-state index in [0.717, 1.165) is 0 Å². The van der Waals surface area contributed by atoms with E-state index in [1.807, 2.05) is 0 Å². The van der Waals surface area contributed by atoms with E-state index in [9.17, 15) is 0 Å². The lowest BCUT2D eigenvalue weighted by Crippen LogP contribution is -2.61. The van der Waals surface area contributed by atoms with Crippen molar-refractivity contribution >= 4 is 78.8 Å². The summed E-state index contributed by atoms with van der Waals surface area (Å²) in [5.74, 6) is 0. The average molecular weight is 937 g/mol. The minimum Gasteiger partial charge on any atom is -0.311 e. The standard InChI is InChI=1S/C69H69BN2/c1-65(2,3)48-36-49(66(4,5)6)39-52(38-48)71-60-32-44-23-17-15-21-42(44)30-58(60)70-59-31-43-22-16-18-24-45(43)33-61(59)72(53-40-50(67(7,8)9)37-51(41-53)68(10,11)12)63-35-47(34-62(71)64(63)70)46-27-28-55-54-25-19-20-26-56(54)69(13,14)57(55)29-46/h15-41H,1-14H3. The molecule has 0 saturated heterocycles. The lowest BCUT2D eigenvalue weighted by atomic mass is 9.33. The van der Waals surface area contributed by atoms with Gasteiger partial charge in [-0.25, -0.2) is 0 Å². The van der Waals surface area contributed by atoms with Crippen LogP contribution in [-0.4, -0.2) is 6.71 Å². The molecule has 0 spiro atoms. The third kappa shape index (κ3) is 7.28. The van der Waals surface area contributed by atoms with E-state index < -0.39 is 0 Å². The maximum atomic E-state index is 2.66. The molecule has 0 unspecified atom stereocenters. The average Bonchev–Trinajstić information content (AvgIpc) is 3.56. The Bertz CT molecular complexity index is 3480. The lowest BCUT2D eigenvalue weighted by molar-refractivity contribution is 0.568. The Morgan fingerprint density at radius 1 is 0.347 bits per heavy atom. The predicted octanol–water partition coefficient (Wildman–Crippen LogP) is 17.2. The van der Waals surface area contributed by atoms with Crippen molar-refractivity contribution in [2.45, 2.75) is 124 Å². The first kappa shape index (κ1) is 46.2. The molecule has 0 N–H and O–H groups in total. The van der Waals surface area contributed by atoms with Crippen LogP contribution in [0.3, 0.4) is 0 Å². The van der Waals surface area contributed by atoms with Crippen LogP contribution in [0.25, 0.3) is 43.8 Å². The number of nitrogens with zero attached hydrogens (tertiary/aromatic N) is 2. The Kier molecular flexibility index (Phi) is 10.0. The molecule has 2 nitrogen and oxygen atoms in total. The Morgan fingerprint density at radius 3 is 1.17 bits per heavy atom. The molecule has 0 fully saturated rings. The first-order chi connectivity index (χ1) is 33.9. The lowest BCUT2D eigenvalue weighted by Gasteiger charge is -2.45. The number of benzene rings is 9. The SMILES string of the molecule is CC(C)(C)c1cc(N2c3cc4ccccc4cc3B3c4cc5ccccc5cc4N(c4cc(C(C)(C)C)cc(C(C)(C)C)c4)c4cc(-c5ccc6c(c5)C(C)(C)c5ccccc5-6)cc2c43)cc(C(C)(C)C)c1. The molecular weight excluding hydrogens is 868 g/mol. The van der Waals surface area contributed by atoms with Crippen LogP contribution in [0, 0.1) is 0 Å². The van der Waals surface area contributed by atoms with Crippen molar-refractivity contribution in [1.82, 2.24) is 0 Å². The largest absolute Gasteiger partial charge is 0.311 e. The van der Waals surface area contributed by atoms with Gasteiger partial charge in [0.1, 0.15) is 0 Å². The second-order valence-corrected chi connectivity index (χ2v) is 26.0. The first-order valence-corrected chi connectivity index (χ1v) is 26.4. The molecule has 0 bridgehead atoms. The first-order valence-electron chi connectivity index (χ1n) is 26.4. The Hall–Kier alpha value is -6.84. The van der Waals surface area contributed by atoms with Crippen molar-refractivity contribution in [1.29, 1.82) is 0 Å². The molecule has 3 aliphatic rings. The highest BCUT2D eigenvalue weighted by molar-refractivity contribution is 7.00. The van der Waals surface area contributed by atoms with Gasteiger partial charge in [0.2, 0.25) is 0 Å². The predicted molar refractivity (Wildman–Crippen MR) is 313 cm³/mol. The highest BCUT2D eigenvalue weighted by Gasteiger charge is 2.45. The fourth-order valence-corrected chi connectivity index (χ4v) is 12.2. The van der Waals surface area contributed by atoms with Crippen LogP contribution in [0.2, 0.25) is 0 Å². The van der Waals surface area contributed by atoms with Gasteiger partial charge < -0.3 is 9.80 Å². The van der Waals surface area contributed by atoms with Gasteiger partial charge >= 0.3 is 0 Å². The molecule has 358 valence electrons. The van der Waals surface area contributed by atoms with Gasteiger partial charge in [-0.1, -0.05) is 206 Å². The van der Waals surface area contributed by atoms with Gasteiger partial charge in [-0.05, 0) is 170 Å². The quantitative estimate of drug-likeness (QED) is 0.163. The minimum absolute atomic E-state index is 0.0371. The van der Waals surface area contributed by atoms with E-state index in [2.05, 4.69) is 271 Å². The summed E-state index contributed by atoms with van der Waals surface area (Å²) >= 11 is 0. The smallest absolute Gasteiger partial charge is 0.252 e. The second kappa shape index (κ2) is 15.6. The third-order valence-corrected chi connectivity index (χ3v) is 16.5. The van der Waals surface area contributed by atoms with Crippen molar-refractivity contribution < 1.29 is 0 Å². The summed E-state index contributed by atoms with van der Waals surface area (Å²) in [6, 6.07) is 64.3. The van der Waals surface area contributed by atoms with E-state index in [1.54, 1.807) is 0 Å². The number of fused-ring (bicyclic) bond motifs is 9. The molecule has 0 saturated carbocycles. The van der Waals surface area contributed by atoms with Gasteiger partial charge in [0.25, 0.3) is 6.71 Å². The summed E-state index contributed by atoms with van der Waals surface area (Å²) in [5.41, 5.74) is 24.2. The van der Waals surface area contributed by atoms with Crippen molar-refractivity contribution in [3.63, 3.8) is 0 Å². The zero-order valence-electron chi connectivity index (χ0n) is 45.1. The molecule has 1 aliphatic carbocycles. The van der Waals surface area contributed by atoms with Crippen molar-refractivity contribution in [3.8, 4) is 22.3 Å².